The molecule has 1 heterocycles. The van der Waals surface area contributed by atoms with Gasteiger partial charge in [-0.05, 0) is 99.9 Å². The lowest BCUT2D eigenvalue weighted by molar-refractivity contribution is 0.0342. The number of primary amides is 1. The van der Waals surface area contributed by atoms with Gasteiger partial charge in [-0.3, -0.25) is 4.79 Å². The molecule has 4 aliphatic rings. The van der Waals surface area contributed by atoms with Gasteiger partial charge in [0.1, 0.15) is 11.9 Å². The maximum Gasteiger partial charge on any atom is 0.404 e. The highest BCUT2D eigenvalue weighted by Crippen LogP contribution is 2.42. The zero-order valence-electron chi connectivity index (χ0n) is 24.3. The van der Waals surface area contributed by atoms with Crippen LogP contribution in [-0.2, 0) is 16.6 Å². The smallest absolute Gasteiger partial charge is 0.404 e. The van der Waals surface area contributed by atoms with Crippen LogP contribution in [0.25, 0.3) is 23.3 Å². The number of Topliss-reactive ketones (excluding diaryl/α,β-unsaturated/α-hetero) is 1. The van der Waals surface area contributed by atoms with Crippen LogP contribution in [0.2, 0.25) is 0 Å². The summed E-state index contributed by atoms with van der Waals surface area (Å²) < 4.78 is 19.1. The fraction of sp³-hybridized carbons (Fsp3) is 0.243. The molecule has 0 spiro atoms. The maximum absolute atomic E-state index is 13.7. The molecule has 3 aliphatic carbocycles. The highest BCUT2D eigenvalue weighted by Gasteiger charge is 2.45. The average molecular weight is 575 g/mol. The Labute approximate surface area is 251 Å². The molecule has 0 saturated heterocycles. The van der Waals surface area contributed by atoms with Crippen LogP contribution >= 0.6 is 0 Å². The number of amides is 1. The van der Waals surface area contributed by atoms with E-state index in [1.54, 1.807) is 0 Å². The number of ether oxygens (including phenoxy) is 1. The largest absolute Gasteiger partial charge is 0.444 e. The lowest BCUT2D eigenvalue weighted by Crippen LogP contribution is -2.54. The number of carbonyl (C=O) groups is 2. The standard InChI is InChI=1S/C31H28FNO3.C6H7N/c1-31(2)27-14-13-23-22-11-7-19(17-3-4-17)15-20(22)8-12-24(23)25(27)16-26(29(31)36-30(33)35)28(34)18-5-9-21(32)10-6-18;1-2-4-6-7-5-3-1/h5-7,9-17,26,29H,3-4,8H2,1-2H3,(H2,33,35);1-7H. The van der Waals surface area contributed by atoms with Gasteiger partial charge in [-0.1, -0.05) is 68.5 Å². The SMILES string of the molecule is C1=CC=CNC=C1.CC1(C)c2ccc3c(c2=CC(C(=O)c2ccc(F)cc2)C1OC(N)=O)=CCc1cc(C2CC2)ccc1-3. The maximum atomic E-state index is 13.7. The topological polar surface area (TPSA) is 81.4 Å². The van der Waals surface area contributed by atoms with Crippen molar-refractivity contribution in [3.05, 3.63) is 130 Å². The Bertz CT molecular complexity index is 1780. The number of allylic oxidation sites excluding steroid dienone is 4. The van der Waals surface area contributed by atoms with Crippen LogP contribution in [0, 0.1) is 11.7 Å². The first-order valence-corrected chi connectivity index (χ1v) is 14.7. The summed E-state index contributed by atoms with van der Waals surface area (Å²) in [6, 6.07) is 16.5. The second-order valence-corrected chi connectivity index (χ2v) is 12.0. The third-order valence-corrected chi connectivity index (χ3v) is 8.75. The Kier molecular flexibility index (Phi) is 7.61. The van der Waals surface area contributed by atoms with E-state index in [0.717, 1.165) is 28.0 Å². The molecule has 0 bridgehead atoms. The third kappa shape index (κ3) is 5.70. The van der Waals surface area contributed by atoms with E-state index in [1.807, 2.05) is 56.6 Å². The fourth-order valence-corrected chi connectivity index (χ4v) is 6.40. The molecular weight excluding hydrogens is 539 g/mol. The van der Waals surface area contributed by atoms with Crippen molar-refractivity contribution in [1.29, 1.82) is 0 Å². The number of ketones is 1. The van der Waals surface area contributed by atoms with Crippen LogP contribution in [0.15, 0.2) is 91.3 Å². The molecule has 0 radical (unpaired) electrons. The number of rotatable bonds is 4. The second-order valence-electron chi connectivity index (χ2n) is 12.0. The first-order valence-electron chi connectivity index (χ1n) is 14.7. The minimum absolute atomic E-state index is 0.233. The monoisotopic (exact) mass is 574 g/mol. The van der Waals surface area contributed by atoms with Crippen molar-refractivity contribution in [3.8, 4) is 11.1 Å². The van der Waals surface area contributed by atoms with E-state index in [-0.39, 0.29) is 5.78 Å². The number of benzene rings is 3. The number of hydrogen-bond acceptors (Lipinski definition) is 4. The molecule has 1 fully saturated rings. The summed E-state index contributed by atoms with van der Waals surface area (Å²) in [4.78, 5) is 25.6. The van der Waals surface area contributed by atoms with Gasteiger partial charge in [-0.25, -0.2) is 9.18 Å². The van der Waals surface area contributed by atoms with Gasteiger partial charge in [-0.2, -0.15) is 0 Å². The van der Waals surface area contributed by atoms with Crippen LogP contribution in [0.4, 0.5) is 9.18 Å². The van der Waals surface area contributed by atoms with Crippen LogP contribution in [0.5, 0.6) is 0 Å². The molecule has 7 rings (SSSR count). The summed E-state index contributed by atoms with van der Waals surface area (Å²) in [5.74, 6) is -0.705. The lowest BCUT2D eigenvalue weighted by Gasteiger charge is -2.41. The Morgan fingerprint density at radius 3 is 2.28 bits per heavy atom. The van der Waals surface area contributed by atoms with Gasteiger partial charge >= 0.3 is 6.09 Å². The molecule has 6 heteroatoms. The van der Waals surface area contributed by atoms with Crippen LogP contribution in [0.1, 0.15) is 59.7 Å². The molecule has 218 valence electrons. The van der Waals surface area contributed by atoms with Crippen LogP contribution < -0.4 is 21.5 Å². The number of nitrogens with two attached hydrogens (primary N) is 1. The van der Waals surface area contributed by atoms with E-state index >= 15 is 0 Å². The van der Waals surface area contributed by atoms with Gasteiger partial charge < -0.3 is 15.8 Å². The van der Waals surface area contributed by atoms with Crippen molar-refractivity contribution in [2.24, 2.45) is 11.7 Å². The van der Waals surface area contributed by atoms with Crippen molar-refractivity contribution < 1.29 is 18.7 Å². The molecule has 3 aromatic rings. The second kappa shape index (κ2) is 11.5. The molecule has 1 amide bonds. The van der Waals surface area contributed by atoms with Crippen LogP contribution in [0.3, 0.4) is 0 Å². The Balaban J connectivity index is 0.000000415. The molecular formula is C37H35FN2O3. The molecule has 2 atom stereocenters. The minimum Gasteiger partial charge on any atom is -0.444 e. The number of nitrogens with one attached hydrogen (secondary N) is 1. The molecule has 43 heavy (non-hydrogen) atoms. The Morgan fingerprint density at radius 2 is 1.60 bits per heavy atom. The van der Waals surface area contributed by atoms with Gasteiger partial charge in [-0.15, -0.1) is 0 Å². The first kappa shape index (κ1) is 28.4. The Hall–Kier alpha value is -4.71. The zero-order chi connectivity index (χ0) is 30.1. The number of carbonyl (C=O) groups excluding carboxylic acids is 2. The summed E-state index contributed by atoms with van der Waals surface area (Å²) in [6.45, 7) is 3.95. The number of hydrogen-bond donors (Lipinski definition) is 2. The van der Waals surface area contributed by atoms with Crippen LogP contribution in [-0.4, -0.2) is 18.0 Å². The van der Waals surface area contributed by atoms with Gasteiger partial charge in [0.05, 0.1) is 5.92 Å². The van der Waals surface area contributed by atoms with E-state index < -0.39 is 29.3 Å². The van der Waals surface area contributed by atoms with Gasteiger partial charge in [0, 0.05) is 23.4 Å². The van der Waals surface area contributed by atoms with E-state index in [4.69, 9.17) is 10.5 Å². The zero-order valence-corrected chi connectivity index (χ0v) is 24.3. The quantitative estimate of drug-likeness (QED) is 0.380. The number of fused-ring (bicyclic) bond motifs is 5. The fourth-order valence-electron chi connectivity index (χ4n) is 6.40. The normalized spacial score (nSPS) is 20.3. The van der Waals surface area contributed by atoms with Gasteiger partial charge in [0.2, 0.25) is 0 Å². The van der Waals surface area contributed by atoms with Gasteiger partial charge in [0.25, 0.3) is 0 Å². The van der Waals surface area contributed by atoms with Crippen molar-refractivity contribution in [3.63, 3.8) is 0 Å². The Morgan fingerprint density at radius 1 is 0.907 bits per heavy atom. The van der Waals surface area contributed by atoms with E-state index in [0.29, 0.717) is 11.5 Å². The van der Waals surface area contributed by atoms with Gasteiger partial charge in [0.15, 0.2) is 5.78 Å². The number of halogens is 1. The molecule has 5 nitrogen and oxygen atoms in total. The van der Waals surface area contributed by atoms with Crippen molar-refractivity contribution in [2.75, 3.05) is 0 Å². The van der Waals surface area contributed by atoms with E-state index in [1.165, 1.54) is 53.8 Å². The average Bonchev–Trinajstić information content (AvgIpc) is 3.86. The predicted molar refractivity (Wildman–Crippen MR) is 168 cm³/mol. The van der Waals surface area contributed by atoms with Crippen molar-refractivity contribution >= 4 is 24.0 Å². The minimum atomic E-state index is -0.924. The highest BCUT2D eigenvalue weighted by molar-refractivity contribution is 6.02. The summed E-state index contributed by atoms with van der Waals surface area (Å²) in [5.41, 5.74) is 11.3. The lowest BCUT2D eigenvalue weighted by atomic mass is 9.67. The van der Waals surface area contributed by atoms with E-state index in [2.05, 4.69) is 41.7 Å². The van der Waals surface area contributed by atoms with Crippen molar-refractivity contribution in [2.45, 2.75) is 50.5 Å². The molecule has 3 N–H and O–H groups in total. The predicted octanol–water partition coefficient (Wildman–Crippen LogP) is 5.91. The molecule has 1 saturated carbocycles. The summed E-state index contributed by atoms with van der Waals surface area (Å²) >= 11 is 0. The molecule has 0 aromatic heterocycles. The highest BCUT2D eigenvalue weighted by atomic mass is 19.1. The molecule has 3 aromatic carbocycles. The summed E-state index contributed by atoms with van der Waals surface area (Å²) in [7, 11) is 0. The molecule has 1 aliphatic heterocycles. The summed E-state index contributed by atoms with van der Waals surface area (Å²) in [6.07, 6.45) is 17.4. The molecule has 2 unspecified atom stereocenters. The van der Waals surface area contributed by atoms with Crippen molar-refractivity contribution in [1.82, 2.24) is 5.32 Å². The summed E-state index contributed by atoms with van der Waals surface area (Å²) in [5, 5.41) is 5.01. The van der Waals surface area contributed by atoms with E-state index in [9.17, 15) is 14.0 Å². The third-order valence-electron chi connectivity index (χ3n) is 8.75. The first-order chi connectivity index (χ1) is 20.7.